The first-order valence-corrected chi connectivity index (χ1v) is 1.92. The van der Waals surface area contributed by atoms with E-state index >= 15 is 0 Å². The summed E-state index contributed by atoms with van der Waals surface area (Å²) in [6.07, 6.45) is -10.9. The maximum absolute atomic E-state index is 11.2. The van der Waals surface area contributed by atoms with Crippen LogP contribution < -0.4 is 0 Å². The van der Waals surface area contributed by atoms with Crippen LogP contribution in [0.25, 0.3) is 0 Å². The number of rotatable bonds is 1. The van der Waals surface area contributed by atoms with Crippen molar-refractivity contribution in [3.05, 3.63) is 0 Å². The van der Waals surface area contributed by atoms with Gasteiger partial charge >= 0.3 is 35.6 Å². The zero-order chi connectivity index (χ0) is 8.58. The summed E-state index contributed by atoms with van der Waals surface area (Å²) in [7, 11) is 0. The van der Waals surface area contributed by atoms with Crippen LogP contribution in [-0.2, 0) is 17.1 Å². The number of hydrogen-bond donors (Lipinski definition) is 0. The molecule has 0 saturated carbocycles. The van der Waals surface area contributed by atoms with E-state index in [9.17, 15) is 30.7 Å². The van der Waals surface area contributed by atoms with E-state index in [1.54, 1.807) is 0 Å². The summed E-state index contributed by atoms with van der Waals surface area (Å²) in [6, 6.07) is 0. The Kier molecular flexibility index (Phi) is 4.48. The van der Waals surface area contributed by atoms with E-state index in [1.807, 2.05) is 0 Å². The fraction of sp³-hybridized carbons (Fsp3) is 1.00. The smallest absolute Gasteiger partial charge is 0.203 e. The summed E-state index contributed by atoms with van der Waals surface area (Å²) in [5.74, 6) is -5.90. The summed E-state index contributed by atoms with van der Waals surface area (Å²) in [6.45, 7) is 0. The third-order valence-electron chi connectivity index (χ3n) is 0.652. The van der Waals surface area contributed by atoms with E-state index in [2.05, 4.69) is 0 Å². The van der Waals surface area contributed by atoms with Gasteiger partial charge in [-0.05, 0) is 0 Å². The van der Waals surface area contributed by atoms with Crippen molar-refractivity contribution in [2.45, 2.75) is 18.5 Å². The fourth-order valence-electron chi connectivity index (χ4n) is 0.124. The maximum atomic E-state index is 11.2. The van der Waals surface area contributed by atoms with Crippen LogP contribution in [0.3, 0.4) is 0 Å². The average Bonchev–Trinajstić information content (AvgIpc) is 1.62. The zero-order valence-corrected chi connectivity index (χ0v) is 5.68. The molecule has 0 spiro atoms. The average molecular weight is 226 g/mol. The van der Waals surface area contributed by atoms with E-state index in [-0.39, 0.29) is 17.1 Å². The van der Waals surface area contributed by atoms with Gasteiger partial charge in [0.25, 0.3) is 0 Å². The predicted molar refractivity (Wildman–Crippen MR) is 17.0 cm³/mol. The molecule has 0 atom stereocenters. The van der Waals surface area contributed by atoms with Crippen LogP contribution >= 0.6 is 0 Å². The molecule has 0 aromatic carbocycles. The van der Waals surface area contributed by atoms with Crippen LogP contribution in [0.4, 0.5) is 30.7 Å². The molecule has 0 bridgehead atoms. The Morgan fingerprint density at radius 1 is 0.818 bits per heavy atom. The second-order valence-electron chi connectivity index (χ2n) is 1.42. The molecule has 11 heavy (non-hydrogen) atoms. The molecule has 0 fully saturated rings. The molecule has 0 saturated heterocycles. The standard InChI is InChI=1S/C3HF7.Fe/c4-1(5)2(6,7)3(8,9)10;/h1H;/q;+2. The topological polar surface area (TPSA) is 0 Å². The first-order valence-electron chi connectivity index (χ1n) is 1.92. The Bertz CT molecular complexity index is 115. The van der Waals surface area contributed by atoms with Crippen molar-refractivity contribution in [1.82, 2.24) is 0 Å². The summed E-state index contributed by atoms with van der Waals surface area (Å²) in [4.78, 5) is 0. The molecular formula is C3HF7Fe+2. The minimum absolute atomic E-state index is 0. The van der Waals surface area contributed by atoms with Gasteiger partial charge in [0.05, 0.1) is 0 Å². The van der Waals surface area contributed by atoms with Gasteiger partial charge < -0.3 is 0 Å². The molecule has 8 heteroatoms. The normalized spacial score (nSPS) is 13.1. The third-order valence-corrected chi connectivity index (χ3v) is 0.652. The molecule has 0 radical (unpaired) electrons. The molecule has 0 aromatic rings. The second-order valence-corrected chi connectivity index (χ2v) is 1.42. The first-order chi connectivity index (χ1) is 4.19. The van der Waals surface area contributed by atoms with Gasteiger partial charge in [0, 0.05) is 0 Å². The van der Waals surface area contributed by atoms with Crippen LogP contribution in [0.5, 0.6) is 0 Å². The Morgan fingerprint density at radius 2 is 1.09 bits per heavy atom. The maximum Gasteiger partial charge on any atom is 2.00 e. The van der Waals surface area contributed by atoms with Gasteiger partial charge in [-0.1, -0.05) is 0 Å². The monoisotopic (exact) mass is 226 g/mol. The van der Waals surface area contributed by atoms with Crippen LogP contribution in [0.1, 0.15) is 0 Å². The molecule has 0 aliphatic carbocycles. The second kappa shape index (κ2) is 3.62. The number of halogens is 7. The van der Waals surface area contributed by atoms with Gasteiger partial charge in [0.1, 0.15) is 0 Å². The van der Waals surface area contributed by atoms with E-state index in [1.165, 1.54) is 0 Å². The van der Waals surface area contributed by atoms with Crippen LogP contribution in [-0.4, -0.2) is 18.5 Å². The quantitative estimate of drug-likeness (QED) is 0.475. The molecule has 0 rings (SSSR count). The van der Waals surface area contributed by atoms with Crippen molar-refractivity contribution in [2.24, 2.45) is 0 Å². The van der Waals surface area contributed by atoms with Gasteiger partial charge in [-0.2, -0.15) is 22.0 Å². The minimum atomic E-state index is -6.17. The minimum Gasteiger partial charge on any atom is -0.203 e. The van der Waals surface area contributed by atoms with Crippen molar-refractivity contribution < 1.29 is 47.8 Å². The third kappa shape index (κ3) is 2.86. The molecule has 0 aliphatic heterocycles. The predicted octanol–water partition coefficient (Wildman–Crippen LogP) is 2.45. The molecule has 0 unspecified atom stereocenters. The van der Waals surface area contributed by atoms with Gasteiger partial charge in [-0.3, -0.25) is 0 Å². The molecule has 0 aromatic heterocycles. The molecule has 0 N–H and O–H groups in total. The first kappa shape index (κ1) is 13.6. The van der Waals surface area contributed by atoms with Crippen molar-refractivity contribution in [2.75, 3.05) is 0 Å². The molecule has 0 heterocycles. The Hall–Kier alpha value is 0.0295. The fourth-order valence-corrected chi connectivity index (χ4v) is 0.124. The van der Waals surface area contributed by atoms with Crippen molar-refractivity contribution in [3.63, 3.8) is 0 Å². The Morgan fingerprint density at radius 3 is 1.09 bits per heavy atom. The van der Waals surface area contributed by atoms with Gasteiger partial charge in [0.15, 0.2) is 0 Å². The van der Waals surface area contributed by atoms with E-state index in [0.717, 1.165) is 0 Å². The summed E-state index contributed by atoms with van der Waals surface area (Å²) < 4.78 is 76.6. The van der Waals surface area contributed by atoms with Crippen molar-refractivity contribution in [3.8, 4) is 0 Å². The Balaban J connectivity index is 0. The largest absolute Gasteiger partial charge is 2.00 e. The Labute approximate surface area is 67.2 Å². The van der Waals surface area contributed by atoms with E-state index < -0.39 is 18.5 Å². The van der Waals surface area contributed by atoms with Crippen molar-refractivity contribution in [1.29, 1.82) is 0 Å². The molecule has 68 valence electrons. The van der Waals surface area contributed by atoms with E-state index in [0.29, 0.717) is 0 Å². The molecule has 0 nitrogen and oxygen atoms in total. The van der Waals surface area contributed by atoms with Crippen LogP contribution in [0.15, 0.2) is 0 Å². The summed E-state index contributed by atoms with van der Waals surface area (Å²) in [5, 5.41) is 0. The SMILES string of the molecule is FC(F)C(F)(F)C(F)(F)F.[Fe+2]. The van der Waals surface area contributed by atoms with Crippen LogP contribution in [0.2, 0.25) is 0 Å². The van der Waals surface area contributed by atoms with Gasteiger partial charge in [-0.15, -0.1) is 0 Å². The number of alkyl halides is 7. The van der Waals surface area contributed by atoms with Gasteiger partial charge in [-0.25, -0.2) is 8.78 Å². The molecular weight excluding hydrogens is 225 g/mol. The van der Waals surface area contributed by atoms with E-state index in [4.69, 9.17) is 0 Å². The van der Waals surface area contributed by atoms with Crippen molar-refractivity contribution >= 4 is 0 Å². The summed E-state index contributed by atoms with van der Waals surface area (Å²) >= 11 is 0. The zero-order valence-electron chi connectivity index (χ0n) is 4.58. The number of hydrogen-bond acceptors (Lipinski definition) is 0. The summed E-state index contributed by atoms with van der Waals surface area (Å²) in [5.41, 5.74) is 0. The van der Waals surface area contributed by atoms with Crippen LogP contribution in [0, 0.1) is 0 Å². The molecule has 0 amide bonds. The molecule has 0 aliphatic rings. The van der Waals surface area contributed by atoms with Gasteiger partial charge in [0.2, 0.25) is 0 Å².